The highest BCUT2D eigenvalue weighted by molar-refractivity contribution is 7.89. The molecule has 0 N–H and O–H groups in total. The van der Waals surface area contributed by atoms with Crippen LogP contribution >= 0.6 is 0 Å². The zero-order valence-corrected chi connectivity index (χ0v) is 28.7. The first kappa shape index (κ1) is 33.2. The third-order valence-corrected chi connectivity index (χ3v) is 10.9. The molecule has 48 heavy (non-hydrogen) atoms. The first-order chi connectivity index (χ1) is 23.1. The molecule has 0 saturated carbocycles. The van der Waals surface area contributed by atoms with E-state index in [2.05, 4.69) is 26.3 Å². The summed E-state index contributed by atoms with van der Waals surface area (Å²) in [7, 11) is -2.34. The number of nitrogens with zero attached hydrogens (tertiary/aromatic N) is 6. The molecule has 5 aromatic rings. The maximum Gasteiger partial charge on any atom is 0.248 e. The van der Waals surface area contributed by atoms with Crippen LogP contribution in [0.5, 0.6) is 11.8 Å². The second kappa shape index (κ2) is 13.8. The van der Waals surface area contributed by atoms with Gasteiger partial charge in [0.1, 0.15) is 22.3 Å². The number of pyridine rings is 2. The maximum atomic E-state index is 13.9. The van der Waals surface area contributed by atoms with Gasteiger partial charge >= 0.3 is 0 Å². The minimum atomic E-state index is -3.89. The van der Waals surface area contributed by atoms with Gasteiger partial charge in [-0.15, -0.1) is 5.10 Å². The molecule has 3 aromatic heterocycles. The molecule has 1 aliphatic heterocycles. The Hall–Kier alpha value is -4.68. The van der Waals surface area contributed by atoms with Gasteiger partial charge < -0.3 is 9.47 Å². The molecule has 250 valence electrons. The van der Waals surface area contributed by atoms with E-state index in [0.29, 0.717) is 18.8 Å². The Balaban J connectivity index is 1.38. The minimum Gasteiger partial charge on any atom is -0.481 e. The van der Waals surface area contributed by atoms with Crippen molar-refractivity contribution in [1.29, 1.82) is 0 Å². The van der Waals surface area contributed by atoms with Crippen molar-refractivity contribution in [3.63, 3.8) is 0 Å². The smallest absolute Gasteiger partial charge is 0.248 e. The predicted octanol–water partition coefficient (Wildman–Crippen LogP) is 5.56. The molecule has 6 rings (SSSR count). The van der Waals surface area contributed by atoms with Gasteiger partial charge in [0.05, 0.1) is 19.2 Å². The SMILES string of the molecule is CC[C@@H]1CN(Cc2cc([C@H](CC(=O)Cc3ccc(OC)nc3)c3ccc4c(nnn4CC)c3C)ccc2C)S(=O)(=O)c2cccnc2O1. The summed E-state index contributed by atoms with van der Waals surface area (Å²) in [6.45, 7) is 9.03. The van der Waals surface area contributed by atoms with Crippen LogP contribution < -0.4 is 9.47 Å². The number of sulfonamides is 1. The largest absolute Gasteiger partial charge is 0.481 e. The summed E-state index contributed by atoms with van der Waals surface area (Å²) in [5.74, 6) is 0.363. The van der Waals surface area contributed by atoms with Gasteiger partial charge in [-0.05, 0) is 78.8 Å². The fourth-order valence-corrected chi connectivity index (χ4v) is 7.84. The van der Waals surface area contributed by atoms with E-state index in [0.717, 1.165) is 44.4 Å². The number of aryl methyl sites for hydroxylation is 3. The summed E-state index contributed by atoms with van der Waals surface area (Å²) in [4.78, 5) is 22.3. The number of Topliss-reactive ketones (excluding diaryl/α,β-unsaturated/α-hetero) is 1. The van der Waals surface area contributed by atoms with Crippen LogP contribution in [0.4, 0.5) is 0 Å². The average molecular weight is 669 g/mol. The number of hydrogen-bond donors (Lipinski definition) is 0. The average Bonchev–Trinajstić information content (AvgIpc) is 3.48. The van der Waals surface area contributed by atoms with E-state index in [1.807, 2.05) is 62.7 Å². The number of ketones is 1. The summed E-state index contributed by atoms with van der Waals surface area (Å²) in [6, 6.07) is 16.9. The summed E-state index contributed by atoms with van der Waals surface area (Å²) in [6.07, 6.45) is 3.94. The lowest BCUT2D eigenvalue weighted by atomic mass is 9.82. The van der Waals surface area contributed by atoms with Gasteiger partial charge in [-0.2, -0.15) is 4.31 Å². The number of rotatable bonds is 11. The lowest BCUT2D eigenvalue weighted by Crippen LogP contribution is -2.36. The predicted molar refractivity (Wildman–Crippen MR) is 182 cm³/mol. The van der Waals surface area contributed by atoms with Crippen molar-refractivity contribution in [3.05, 3.63) is 100 Å². The number of methoxy groups -OCH3 is 1. The fraction of sp³-hybridized carbons (Fsp3) is 0.361. The monoisotopic (exact) mass is 668 g/mol. The fourth-order valence-electron chi connectivity index (χ4n) is 6.32. The van der Waals surface area contributed by atoms with Crippen molar-refractivity contribution < 1.29 is 22.7 Å². The molecule has 0 saturated heterocycles. The van der Waals surface area contributed by atoms with Crippen molar-refractivity contribution >= 4 is 26.8 Å². The van der Waals surface area contributed by atoms with E-state index < -0.39 is 10.0 Å². The Bertz CT molecular complexity index is 2060. The van der Waals surface area contributed by atoms with E-state index in [1.54, 1.807) is 37.7 Å². The van der Waals surface area contributed by atoms with Crippen molar-refractivity contribution in [1.82, 2.24) is 29.3 Å². The second-order valence-electron chi connectivity index (χ2n) is 12.2. The quantitative estimate of drug-likeness (QED) is 0.178. The van der Waals surface area contributed by atoms with Crippen LogP contribution in [0.1, 0.15) is 66.0 Å². The molecule has 0 radical (unpaired) electrons. The molecule has 12 heteroatoms. The van der Waals surface area contributed by atoms with Crippen molar-refractivity contribution in [2.45, 2.75) is 77.0 Å². The molecule has 0 fully saturated rings. The number of carbonyl (C=O) groups is 1. The summed E-state index contributed by atoms with van der Waals surface area (Å²) < 4.78 is 42.4. The van der Waals surface area contributed by atoms with Gasteiger partial charge in [-0.1, -0.05) is 42.5 Å². The molecule has 1 aliphatic rings. The first-order valence-electron chi connectivity index (χ1n) is 16.2. The molecule has 0 unspecified atom stereocenters. The van der Waals surface area contributed by atoms with Crippen LogP contribution in [0.2, 0.25) is 0 Å². The first-order valence-corrected chi connectivity index (χ1v) is 17.6. The number of carbonyl (C=O) groups excluding carboxylic acids is 1. The Morgan fingerprint density at radius 1 is 1.08 bits per heavy atom. The zero-order chi connectivity index (χ0) is 34.0. The molecule has 11 nitrogen and oxygen atoms in total. The van der Waals surface area contributed by atoms with Crippen molar-refractivity contribution in [3.8, 4) is 11.8 Å². The maximum absolute atomic E-state index is 13.9. The van der Waals surface area contributed by atoms with E-state index in [9.17, 15) is 13.2 Å². The summed E-state index contributed by atoms with van der Waals surface area (Å²) >= 11 is 0. The molecular weight excluding hydrogens is 629 g/mol. The third-order valence-electron chi connectivity index (χ3n) is 9.11. The Labute approximate surface area is 281 Å². The van der Waals surface area contributed by atoms with Gasteiger partial charge in [0.2, 0.25) is 21.8 Å². The number of hydrogen-bond acceptors (Lipinski definition) is 9. The minimum absolute atomic E-state index is 0.0490. The van der Waals surface area contributed by atoms with Gasteiger partial charge in [0.25, 0.3) is 0 Å². The molecule has 0 aliphatic carbocycles. The Morgan fingerprint density at radius 2 is 1.92 bits per heavy atom. The Morgan fingerprint density at radius 3 is 2.65 bits per heavy atom. The highest BCUT2D eigenvalue weighted by atomic mass is 32.2. The summed E-state index contributed by atoms with van der Waals surface area (Å²) in [5.41, 5.74) is 7.19. The van der Waals surface area contributed by atoms with Crippen LogP contribution in [0.25, 0.3) is 11.0 Å². The number of ether oxygens (including phenoxy) is 2. The topological polar surface area (TPSA) is 129 Å². The second-order valence-corrected chi connectivity index (χ2v) is 14.1. The molecule has 2 aromatic carbocycles. The van der Waals surface area contributed by atoms with Crippen LogP contribution in [0, 0.1) is 13.8 Å². The van der Waals surface area contributed by atoms with E-state index in [4.69, 9.17) is 9.47 Å². The van der Waals surface area contributed by atoms with Crippen LogP contribution in [-0.4, -0.2) is 63.2 Å². The normalized spacial score (nSPS) is 16.6. The standard InChI is InChI=1S/C36H40N6O5S/c1-6-29-22-41(48(44,45)33-9-8-16-37-36(33)47-29)21-27-18-26(12-10-23(27)3)31(19-28(43)17-25-11-15-34(46-5)38-20-25)30-13-14-32-35(24(30)4)39-40-42(32)7-2/h8-16,18,20,29,31H,6-7,17,19,21-22H2,1-5H3/t29-,31+/m1/s1. The highest BCUT2D eigenvalue weighted by Crippen LogP contribution is 2.36. The number of benzene rings is 2. The lowest BCUT2D eigenvalue weighted by Gasteiger charge is -2.25. The van der Waals surface area contributed by atoms with Crippen LogP contribution in [-0.2, 0) is 34.3 Å². The molecule has 0 spiro atoms. The third kappa shape index (κ3) is 6.54. The van der Waals surface area contributed by atoms with Crippen molar-refractivity contribution in [2.75, 3.05) is 13.7 Å². The molecule has 0 amide bonds. The molecule has 0 bridgehead atoms. The van der Waals surface area contributed by atoms with Gasteiger partial charge in [0.15, 0.2) is 0 Å². The Kier molecular flexibility index (Phi) is 9.56. The number of fused-ring (bicyclic) bond motifs is 2. The van der Waals surface area contributed by atoms with Crippen molar-refractivity contribution in [2.24, 2.45) is 0 Å². The summed E-state index contributed by atoms with van der Waals surface area (Å²) in [5, 5.41) is 8.80. The van der Waals surface area contributed by atoms with Gasteiger partial charge in [-0.3, -0.25) is 4.79 Å². The van der Waals surface area contributed by atoms with Crippen LogP contribution in [0.15, 0.2) is 71.9 Å². The molecular formula is C36H40N6O5S. The lowest BCUT2D eigenvalue weighted by molar-refractivity contribution is -0.118. The van der Waals surface area contributed by atoms with E-state index in [-0.39, 0.29) is 54.5 Å². The molecule has 4 heterocycles. The van der Waals surface area contributed by atoms with E-state index in [1.165, 1.54) is 4.31 Å². The number of aromatic nitrogens is 5. The van der Waals surface area contributed by atoms with E-state index >= 15 is 0 Å². The highest BCUT2D eigenvalue weighted by Gasteiger charge is 2.35. The zero-order valence-electron chi connectivity index (χ0n) is 27.9. The van der Waals surface area contributed by atoms with Gasteiger partial charge in [0, 0.05) is 50.3 Å². The molecule has 2 atom stereocenters. The van der Waals surface area contributed by atoms with Gasteiger partial charge in [-0.25, -0.2) is 23.1 Å². The van der Waals surface area contributed by atoms with Crippen LogP contribution in [0.3, 0.4) is 0 Å².